The van der Waals surface area contributed by atoms with Crippen LogP contribution in [0.4, 0.5) is 5.69 Å². The summed E-state index contributed by atoms with van der Waals surface area (Å²) in [5.74, 6) is -0.505. The zero-order valence-electron chi connectivity index (χ0n) is 13.6. The van der Waals surface area contributed by atoms with Crippen molar-refractivity contribution in [3.63, 3.8) is 0 Å². The van der Waals surface area contributed by atoms with E-state index in [1.54, 1.807) is 13.0 Å². The van der Waals surface area contributed by atoms with Crippen molar-refractivity contribution in [3.05, 3.63) is 42.5 Å². The molecule has 0 heterocycles. The lowest BCUT2D eigenvalue weighted by atomic mass is 10.2. The number of anilines is 1. The number of para-hydroxylation sites is 1. The minimum atomic E-state index is -0.491. The molecule has 1 aromatic rings. The second-order valence-electron chi connectivity index (χ2n) is 5.57. The van der Waals surface area contributed by atoms with Gasteiger partial charge in [-0.2, -0.15) is 0 Å². The summed E-state index contributed by atoms with van der Waals surface area (Å²) in [4.78, 5) is 23.1. The molecule has 3 atom stereocenters. The van der Waals surface area contributed by atoms with E-state index < -0.39 is 6.04 Å². The average Bonchev–Trinajstić information content (AvgIpc) is 2.94. The number of rotatable bonds is 5. The average molecular weight is 347 g/mol. The first-order chi connectivity index (χ1) is 11.4. The predicted octanol–water partition coefficient (Wildman–Crippen LogP) is 1.74. The van der Waals surface area contributed by atoms with Gasteiger partial charge in [0.2, 0.25) is 5.91 Å². The molecule has 0 bridgehead atoms. The molecule has 0 aliphatic heterocycles. The molecule has 0 unspecified atom stereocenters. The van der Waals surface area contributed by atoms with E-state index >= 15 is 0 Å². The molecule has 0 saturated heterocycles. The highest BCUT2D eigenvalue weighted by Gasteiger charge is 2.24. The highest BCUT2D eigenvalue weighted by Crippen LogP contribution is 2.14. The monoisotopic (exact) mass is 347 g/mol. The lowest BCUT2D eigenvalue weighted by Gasteiger charge is -2.19. The van der Waals surface area contributed by atoms with Gasteiger partial charge in [-0.05, 0) is 37.4 Å². The molecule has 0 saturated carbocycles. The zero-order valence-corrected chi connectivity index (χ0v) is 14.4. The SMILES string of the molecule is CC(=O)O[C@@H]1C=C[C@H](NC(=O)[C@H](C)NC(=S)Nc2ccccc2)C1. The Balaban J connectivity index is 1.75. The van der Waals surface area contributed by atoms with Crippen molar-refractivity contribution in [3.8, 4) is 0 Å². The van der Waals surface area contributed by atoms with Gasteiger partial charge in [0.25, 0.3) is 0 Å². The Kier molecular flexibility index (Phi) is 6.31. The fourth-order valence-electron chi connectivity index (χ4n) is 2.33. The number of hydrogen-bond acceptors (Lipinski definition) is 4. The first-order valence-corrected chi connectivity index (χ1v) is 8.13. The van der Waals surface area contributed by atoms with E-state index in [0.717, 1.165) is 5.69 Å². The molecule has 0 spiro atoms. The van der Waals surface area contributed by atoms with E-state index in [2.05, 4.69) is 16.0 Å². The third-order valence-corrected chi connectivity index (χ3v) is 3.68. The first-order valence-electron chi connectivity index (χ1n) is 7.72. The standard InChI is InChI=1S/C17H21N3O3S/c1-11(18-17(24)20-13-6-4-3-5-7-13)16(22)19-14-8-9-15(10-14)23-12(2)21/h3-9,11,14-15H,10H2,1-2H3,(H,19,22)(H2,18,20,24)/t11-,14-,15+/m0/s1. The summed E-state index contributed by atoms with van der Waals surface area (Å²) in [6.07, 6.45) is 3.88. The third kappa shape index (κ3) is 5.66. The Labute approximate surface area is 146 Å². The van der Waals surface area contributed by atoms with Gasteiger partial charge in [0, 0.05) is 19.0 Å². The molecular weight excluding hydrogens is 326 g/mol. The number of esters is 1. The third-order valence-electron chi connectivity index (χ3n) is 3.46. The Morgan fingerprint density at radius 1 is 1.25 bits per heavy atom. The fourth-order valence-corrected chi connectivity index (χ4v) is 2.63. The van der Waals surface area contributed by atoms with Crippen molar-refractivity contribution in [1.82, 2.24) is 10.6 Å². The Bertz CT molecular complexity index is 633. The molecule has 2 rings (SSSR count). The zero-order chi connectivity index (χ0) is 17.5. The summed E-state index contributed by atoms with van der Waals surface area (Å²) in [6.45, 7) is 3.10. The summed E-state index contributed by atoms with van der Waals surface area (Å²) in [5.41, 5.74) is 0.852. The van der Waals surface area contributed by atoms with Crippen LogP contribution in [0.1, 0.15) is 20.3 Å². The number of amides is 1. The van der Waals surface area contributed by atoms with Gasteiger partial charge in [0.05, 0.1) is 6.04 Å². The van der Waals surface area contributed by atoms with Crippen molar-refractivity contribution < 1.29 is 14.3 Å². The van der Waals surface area contributed by atoms with Crippen LogP contribution in [-0.2, 0) is 14.3 Å². The Morgan fingerprint density at radius 2 is 1.96 bits per heavy atom. The molecule has 3 N–H and O–H groups in total. The van der Waals surface area contributed by atoms with Gasteiger partial charge in [-0.1, -0.05) is 24.3 Å². The highest BCUT2D eigenvalue weighted by atomic mass is 32.1. The van der Waals surface area contributed by atoms with Crippen molar-refractivity contribution in [2.45, 2.75) is 38.5 Å². The van der Waals surface area contributed by atoms with Gasteiger partial charge in [0.15, 0.2) is 5.11 Å². The lowest BCUT2D eigenvalue weighted by Crippen LogP contribution is -2.48. The Hall–Kier alpha value is -2.41. The predicted molar refractivity (Wildman–Crippen MR) is 96.5 cm³/mol. The van der Waals surface area contributed by atoms with Gasteiger partial charge in [-0.15, -0.1) is 0 Å². The second kappa shape index (κ2) is 8.44. The largest absolute Gasteiger partial charge is 0.458 e. The summed E-state index contributed by atoms with van der Waals surface area (Å²) in [7, 11) is 0. The van der Waals surface area contributed by atoms with Crippen LogP contribution in [0.2, 0.25) is 0 Å². The number of ether oxygens (including phenoxy) is 1. The van der Waals surface area contributed by atoms with Crippen LogP contribution < -0.4 is 16.0 Å². The van der Waals surface area contributed by atoms with Crippen LogP contribution in [0.15, 0.2) is 42.5 Å². The highest BCUT2D eigenvalue weighted by molar-refractivity contribution is 7.80. The molecule has 6 nitrogen and oxygen atoms in total. The summed E-state index contributed by atoms with van der Waals surface area (Å²) >= 11 is 5.21. The molecule has 0 fully saturated rings. The van der Waals surface area contributed by atoms with Crippen molar-refractivity contribution in [1.29, 1.82) is 0 Å². The molecule has 0 radical (unpaired) electrons. The van der Waals surface area contributed by atoms with Crippen LogP contribution in [0.5, 0.6) is 0 Å². The van der Waals surface area contributed by atoms with E-state index in [4.69, 9.17) is 17.0 Å². The topological polar surface area (TPSA) is 79.5 Å². The lowest BCUT2D eigenvalue weighted by molar-refractivity contribution is -0.144. The molecule has 7 heteroatoms. The van der Waals surface area contributed by atoms with Crippen LogP contribution in [-0.4, -0.2) is 35.2 Å². The van der Waals surface area contributed by atoms with E-state index in [0.29, 0.717) is 11.5 Å². The van der Waals surface area contributed by atoms with Gasteiger partial charge < -0.3 is 20.7 Å². The smallest absolute Gasteiger partial charge is 0.303 e. The van der Waals surface area contributed by atoms with Gasteiger partial charge >= 0.3 is 5.97 Å². The summed E-state index contributed by atoms with van der Waals surface area (Å²) in [6, 6.07) is 8.83. The van der Waals surface area contributed by atoms with E-state index in [1.165, 1.54) is 6.92 Å². The maximum Gasteiger partial charge on any atom is 0.303 e. The van der Waals surface area contributed by atoms with Gasteiger partial charge in [-0.25, -0.2) is 0 Å². The van der Waals surface area contributed by atoms with Gasteiger partial charge in [0.1, 0.15) is 12.1 Å². The normalized spacial score (nSPS) is 20.1. The quantitative estimate of drug-likeness (QED) is 0.428. The van der Waals surface area contributed by atoms with E-state index in [9.17, 15) is 9.59 Å². The van der Waals surface area contributed by atoms with Crippen LogP contribution >= 0.6 is 12.2 Å². The molecule has 1 aliphatic carbocycles. The van der Waals surface area contributed by atoms with Crippen molar-refractivity contribution >= 4 is 34.9 Å². The fraction of sp³-hybridized carbons (Fsp3) is 0.353. The summed E-state index contributed by atoms with van der Waals surface area (Å²) in [5, 5.41) is 9.23. The number of thiocarbonyl (C=S) groups is 1. The van der Waals surface area contributed by atoms with Gasteiger partial charge in [-0.3, -0.25) is 9.59 Å². The van der Waals surface area contributed by atoms with Crippen LogP contribution in [0.3, 0.4) is 0 Å². The van der Waals surface area contributed by atoms with Crippen LogP contribution in [0.25, 0.3) is 0 Å². The number of benzene rings is 1. The molecule has 24 heavy (non-hydrogen) atoms. The maximum absolute atomic E-state index is 12.2. The maximum atomic E-state index is 12.2. The van der Waals surface area contributed by atoms with E-state index in [-0.39, 0.29) is 24.0 Å². The molecule has 1 aliphatic rings. The number of carbonyl (C=O) groups excluding carboxylic acids is 2. The number of hydrogen-bond donors (Lipinski definition) is 3. The minimum absolute atomic E-state index is 0.151. The van der Waals surface area contributed by atoms with Crippen LogP contribution in [0, 0.1) is 0 Å². The summed E-state index contributed by atoms with van der Waals surface area (Å²) < 4.78 is 5.09. The second-order valence-corrected chi connectivity index (χ2v) is 5.98. The molecule has 128 valence electrons. The Morgan fingerprint density at radius 3 is 2.62 bits per heavy atom. The molecule has 1 aromatic carbocycles. The molecular formula is C17H21N3O3S. The minimum Gasteiger partial charge on any atom is -0.458 e. The molecule has 1 amide bonds. The first kappa shape index (κ1) is 17.9. The molecule has 0 aromatic heterocycles. The van der Waals surface area contributed by atoms with Crippen molar-refractivity contribution in [2.75, 3.05) is 5.32 Å². The van der Waals surface area contributed by atoms with Crippen molar-refractivity contribution in [2.24, 2.45) is 0 Å². The number of nitrogens with one attached hydrogen (secondary N) is 3. The number of carbonyl (C=O) groups is 2. The van der Waals surface area contributed by atoms with E-state index in [1.807, 2.05) is 36.4 Å².